The molecule has 2 aromatic carbocycles. The maximum absolute atomic E-state index is 13.5. The smallest absolute Gasteiger partial charge is 0.198 e. The maximum Gasteiger partial charge on any atom is 0.198 e. The van der Waals surface area contributed by atoms with E-state index in [9.17, 15) is 30.7 Å². The first-order chi connectivity index (χ1) is 8.82. The van der Waals surface area contributed by atoms with Gasteiger partial charge in [-0.05, 0) is 5.46 Å². The first-order valence-corrected chi connectivity index (χ1v) is 5.13. The van der Waals surface area contributed by atoms with Gasteiger partial charge in [0, 0.05) is 5.39 Å². The summed E-state index contributed by atoms with van der Waals surface area (Å²) in [5, 5.41) is -2.57. The van der Waals surface area contributed by atoms with E-state index in [0.29, 0.717) is 0 Å². The minimum Gasteiger partial charge on any atom is -0.204 e. The van der Waals surface area contributed by atoms with Crippen molar-refractivity contribution in [2.75, 3.05) is 0 Å². The van der Waals surface area contributed by atoms with Crippen LogP contribution in [0.5, 0.6) is 0 Å². The molecule has 0 fully saturated rings. The summed E-state index contributed by atoms with van der Waals surface area (Å²) in [6.45, 7) is 1.24. The molecule has 0 aliphatic rings. The van der Waals surface area contributed by atoms with E-state index in [-0.39, 0.29) is 7.28 Å². The predicted octanol–water partition coefficient (Wildman–Crippen LogP) is 2.92. The molecular formula is C11H4BF7. The zero-order valence-corrected chi connectivity index (χ0v) is 9.35. The lowest BCUT2D eigenvalue weighted by Crippen LogP contribution is -2.23. The van der Waals surface area contributed by atoms with E-state index in [1.165, 1.54) is 6.82 Å². The number of hydrogen-bond donors (Lipinski definition) is 0. The zero-order chi connectivity index (χ0) is 14.5. The Kier molecular flexibility index (Phi) is 3.20. The molecule has 0 spiro atoms. The Morgan fingerprint density at radius 1 is 0.526 bits per heavy atom. The summed E-state index contributed by atoms with van der Waals surface area (Å²) in [5.41, 5.74) is -0.760. The highest BCUT2D eigenvalue weighted by molar-refractivity contribution is 6.56. The van der Waals surface area contributed by atoms with Crippen LogP contribution >= 0.6 is 0 Å². The quantitative estimate of drug-likeness (QED) is 0.326. The van der Waals surface area contributed by atoms with Crippen LogP contribution in [0, 0.1) is 40.7 Å². The molecule has 0 radical (unpaired) electrons. The van der Waals surface area contributed by atoms with Crippen molar-refractivity contribution < 1.29 is 30.7 Å². The predicted molar refractivity (Wildman–Crippen MR) is 56.3 cm³/mol. The third-order valence-corrected chi connectivity index (χ3v) is 2.79. The molecule has 0 aliphatic heterocycles. The van der Waals surface area contributed by atoms with Gasteiger partial charge in [-0.2, -0.15) is 0 Å². The minimum absolute atomic E-state index is 0.360. The van der Waals surface area contributed by atoms with Crippen molar-refractivity contribution in [3.63, 3.8) is 0 Å². The molecule has 2 rings (SSSR count). The first-order valence-electron chi connectivity index (χ1n) is 5.13. The van der Waals surface area contributed by atoms with Gasteiger partial charge in [0.05, 0.1) is 5.39 Å². The first kappa shape index (κ1) is 13.7. The fraction of sp³-hybridized carbons (Fsp3) is 0.0909. The Bertz CT molecular complexity index is 688. The highest BCUT2D eigenvalue weighted by Gasteiger charge is 2.29. The summed E-state index contributed by atoms with van der Waals surface area (Å²) < 4.78 is 93.1. The lowest BCUT2D eigenvalue weighted by atomic mass is 9.70. The molecule has 19 heavy (non-hydrogen) atoms. The van der Waals surface area contributed by atoms with Crippen LogP contribution < -0.4 is 5.46 Å². The van der Waals surface area contributed by atoms with Gasteiger partial charge in [0.25, 0.3) is 0 Å². The molecule has 0 amide bonds. The van der Waals surface area contributed by atoms with Crippen LogP contribution in [-0.4, -0.2) is 7.28 Å². The van der Waals surface area contributed by atoms with Crippen molar-refractivity contribution in [3.8, 4) is 0 Å². The molecule has 0 nitrogen and oxygen atoms in total. The van der Waals surface area contributed by atoms with Crippen molar-refractivity contribution in [2.45, 2.75) is 6.82 Å². The standard InChI is InChI=1S/C11H4BF7/c1-12-4-2-3(6(14)9(17)8(4)16)7(15)11(19)10(18)5(2)13/h12H,1H3. The Morgan fingerprint density at radius 2 is 0.895 bits per heavy atom. The van der Waals surface area contributed by atoms with Crippen LogP contribution in [-0.2, 0) is 0 Å². The second-order valence-corrected chi connectivity index (χ2v) is 3.78. The molecule has 0 heterocycles. The number of fused-ring (bicyclic) bond motifs is 1. The van der Waals surface area contributed by atoms with Gasteiger partial charge < -0.3 is 0 Å². The minimum atomic E-state index is -2.28. The van der Waals surface area contributed by atoms with Crippen LogP contribution in [0.2, 0.25) is 6.82 Å². The SMILES string of the molecule is CBc1c(F)c(F)c(F)c2c(F)c(F)c(F)c(F)c12. The molecule has 0 saturated heterocycles. The maximum atomic E-state index is 13.5. The van der Waals surface area contributed by atoms with Gasteiger partial charge in [-0.15, -0.1) is 0 Å². The van der Waals surface area contributed by atoms with Gasteiger partial charge in [0.2, 0.25) is 0 Å². The van der Waals surface area contributed by atoms with Gasteiger partial charge in [-0.25, -0.2) is 30.7 Å². The summed E-state index contributed by atoms with van der Waals surface area (Å²) in [6, 6.07) is 0. The largest absolute Gasteiger partial charge is 0.204 e. The molecule has 0 aliphatic carbocycles. The van der Waals surface area contributed by atoms with E-state index in [1.54, 1.807) is 0 Å². The fourth-order valence-corrected chi connectivity index (χ4v) is 1.90. The van der Waals surface area contributed by atoms with Gasteiger partial charge in [0.1, 0.15) is 0 Å². The normalized spacial score (nSPS) is 11.2. The van der Waals surface area contributed by atoms with Gasteiger partial charge in [-0.1, -0.05) is 6.82 Å². The summed E-state index contributed by atoms with van der Waals surface area (Å²) in [7, 11) is -0.360. The van der Waals surface area contributed by atoms with Crippen LogP contribution in [0.25, 0.3) is 10.8 Å². The average molecular weight is 280 g/mol. The number of benzene rings is 2. The zero-order valence-electron chi connectivity index (χ0n) is 9.35. The second-order valence-electron chi connectivity index (χ2n) is 3.78. The molecule has 0 atom stereocenters. The Balaban J connectivity index is 3.21. The third kappa shape index (κ3) is 1.69. The van der Waals surface area contributed by atoms with E-state index in [1.807, 2.05) is 0 Å². The number of halogens is 7. The van der Waals surface area contributed by atoms with Crippen LogP contribution in [0.15, 0.2) is 0 Å². The van der Waals surface area contributed by atoms with Gasteiger partial charge in [0.15, 0.2) is 48.0 Å². The van der Waals surface area contributed by atoms with E-state index in [0.717, 1.165) is 0 Å². The topological polar surface area (TPSA) is 0 Å². The van der Waals surface area contributed by atoms with Crippen molar-refractivity contribution in [3.05, 3.63) is 40.7 Å². The van der Waals surface area contributed by atoms with Crippen LogP contribution in [0.1, 0.15) is 0 Å². The van der Waals surface area contributed by atoms with E-state index < -0.39 is 57.0 Å². The van der Waals surface area contributed by atoms with E-state index >= 15 is 0 Å². The van der Waals surface area contributed by atoms with Gasteiger partial charge >= 0.3 is 0 Å². The Hall–Kier alpha value is -1.73. The Labute approximate surface area is 103 Å². The molecule has 0 aromatic heterocycles. The second kappa shape index (κ2) is 4.43. The number of hydrogen-bond acceptors (Lipinski definition) is 0. The summed E-state index contributed by atoms with van der Waals surface area (Å²) >= 11 is 0. The monoisotopic (exact) mass is 280 g/mol. The van der Waals surface area contributed by atoms with Crippen molar-refractivity contribution in [1.82, 2.24) is 0 Å². The summed E-state index contributed by atoms with van der Waals surface area (Å²) in [6.07, 6.45) is 0. The Morgan fingerprint density at radius 3 is 1.32 bits per heavy atom. The highest BCUT2D eigenvalue weighted by atomic mass is 19.2. The lowest BCUT2D eigenvalue weighted by Gasteiger charge is -2.11. The summed E-state index contributed by atoms with van der Waals surface area (Å²) in [5.74, 6) is -14.4. The molecular weight excluding hydrogens is 276 g/mol. The molecule has 0 bridgehead atoms. The highest BCUT2D eigenvalue weighted by Crippen LogP contribution is 2.30. The lowest BCUT2D eigenvalue weighted by molar-refractivity contribution is 0.411. The van der Waals surface area contributed by atoms with Crippen molar-refractivity contribution in [1.29, 1.82) is 0 Å². The molecule has 0 N–H and O–H groups in total. The molecule has 100 valence electrons. The fourth-order valence-electron chi connectivity index (χ4n) is 1.90. The third-order valence-electron chi connectivity index (χ3n) is 2.79. The average Bonchev–Trinajstić information content (AvgIpc) is 2.40. The van der Waals surface area contributed by atoms with Gasteiger partial charge in [-0.3, -0.25) is 0 Å². The molecule has 2 aromatic rings. The molecule has 0 unspecified atom stereocenters. The summed E-state index contributed by atoms with van der Waals surface area (Å²) in [4.78, 5) is 0. The van der Waals surface area contributed by atoms with Crippen molar-refractivity contribution >= 4 is 23.5 Å². The van der Waals surface area contributed by atoms with Crippen molar-refractivity contribution in [2.24, 2.45) is 0 Å². The molecule has 8 heteroatoms. The van der Waals surface area contributed by atoms with E-state index in [4.69, 9.17) is 0 Å². The van der Waals surface area contributed by atoms with E-state index in [2.05, 4.69) is 0 Å². The van der Waals surface area contributed by atoms with Crippen LogP contribution in [0.4, 0.5) is 30.7 Å². The molecule has 0 saturated carbocycles. The number of rotatable bonds is 1. The van der Waals surface area contributed by atoms with Crippen LogP contribution in [0.3, 0.4) is 0 Å².